The molecular formula is C20H21ClKNO3. The molecule has 0 aliphatic heterocycles. The Kier molecular flexibility index (Phi) is 11.6. The topological polar surface area (TPSA) is 73.2 Å². The van der Waals surface area contributed by atoms with Gasteiger partial charge in [-0.05, 0) is 42.0 Å². The van der Waals surface area contributed by atoms with Crippen LogP contribution in [0.3, 0.4) is 0 Å². The maximum Gasteiger partial charge on any atom is 1.00 e. The van der Waals surface area contributed by atoms with Gasteiger partial charge in [-0.2, -0.15) is 5.26 Å². The first-order chi connectivity index (χ1) is 11.6. The van der Waals surface area contributed by atoms with Crippen molar-refractivity contribution in [3.05, 3.63) is 58.6 Å². The number of carbonyl (C=O) groups is 1. The number of halogens is 1. The number of hydrogen-bond donors (Lipinski definition) is 0. The summed E-state index contributed by atoms with van der Waals surface area (Å²) >= 11 is 6.13. The van der Waals surface area contributed by atoms with E-state index >= 15 is 0 Å². The molecule has 26 heavy (non-hydrogen) atoms. The third kappa shape index (κ3) is 9.84. The van der Waals surface area contributed by atoms with Crippen LogP contribution in [0.25, 0.3) is 0 Å². The van der Waals surface area contributed by atoms with Gasteiger partial charge in [-0.1, -0.05) is 45.4 Å². The average Bonchev–Trinajstić information content (AvgIpc) is 2.53. The van der Waals surface area contributed by atoms with Crippen molar-refractivity contribution in [2.24, 2.45) is 0 Å². The van der Waals surface area contributed by atoms with Crippen LogP contribution in [0.2, 0.25) is 5.02 Å². The van der Waals surface area contributed by atoms with Crippen LogP contribution in [-0.4, -0.2) is 11.9 Å². The van der Waals surface area contributed by atoms with Gasteiger partial charge in [0.05, 0.1) is 11.6 Å². The van der Waals surface area contributed by atoms with Crippen molar-refractivity contribution < 1.29 is 66.0 Å². The van der Waals surface area contributed by atoms with E-state index in [1.165, 1.54) is 0 Å². The molecule has 0 aliphatic carbocycles. The van der Waals surface area contributed by atoms with Crippen LogP contribution in [0.15, 0.2) is 42.5 Å². The Balaban J connectivity index is 0.000000923. The molecule has 0 bridgehead atoms. The third-order valence-electron chi connectivity index (χ3n) is 2.89. The molecular weight excluding hydrogens is 377 g/mol. The minimum atomic E-state index is -0.750. The maximum atomic E-state index is 10.8. The van der Waals surface area contributed by atoms with Gasteiger partial charge in [-0.15, -0.1) is 5.60 Å². The second-order valence-electron chi connectivity index (χ2n) is 6.46. The molecule has 4 nitrogen and oxygen atoms in total. The van der Waals surface area contributed by atoms with Crippen LogP contribution in [-0.2, 0) is 4.79 Å². The standard InChI is InChI=1S/C16H12ClNO2.C4H9O.K/c1-11(10-19)15-7-6-14(8-16(15)17)20-13-4-2-12(9-18)3-5-13;1-4(2,3)5;/h2-8,10-11H,1H3;1-3H3;/q;-1;+1. The molecule has 1 unspecified atom stereocenters. The molecule has 0 aliphatic rings. The molecule has 0 N–H and O–H groups in total. The monoisotopic (exact) mass is 397 g/mol. The summed E-state index contributed by atoms with van der Waals surface area (Å²) in [7, 11) is 0. The van der Waals surface area contributed by atoms with Gasteiger partial charge in [0.15, 0.2) is 0 Å². The van der Waals surface area contributed by atoms with E-state index in [1.54, 1.807) is 70.2 Å². The van der Waals surface area contributed by atoms with Gasteiger partial charge in [-0.3, -0.25) is 0 Å². The number of hydrogen-bond acceptors (Lipinski definition) is 4. The van der Waals surface area contributed by atoms with Crippen LogP contribution in [0.1, 0.15) is 44.7 Å². The fraction of sp³-hybridized carbons (Fsp3) is 0.300. The van der Waals surface area contributed by atoms with Gasteiger partial charge in [0.1, 0.15) is 17.8 Å². The molecule has 2 aromatic rings. The number of ether oxygens (including phenoxy) is 1. The molecule has 0 saturated heterocycles. The minimum absolute atomic E-state index is 0. The van der Waals surface area contributed by atoms with E-state index in [0.29, 0.717) is 22.1 Å². The van der Waals surface area contributed by atoms with Gasteiger partial charge in [0.25, 0.3) is 0 Å². The summed E-state index contributed by atoms with van der Waals surface area (Å²) in [6.07, 6.45) is 0.850. The molecule has 0 amide bonds. The number of rotatable bonds is 4. The molecule has 0 radical (unpaired) electrons. The predicted octanol–water partition coefficient (Wildman–Crippen LogP) is 1.46. The van der Waals surface area contributed by atoms with Crippen LogP contribution >= 0.6 is 11.6 Å². The quantitative estimate of drug-likeness (QED) is 0.578. The van der Waals surface area contributed by atoms with E-state index < -0.39 is 5.60 Å². The van der Waals surface area contributed by atoms with Gasteiger partial charge < -0.3 is 14.6 Å². The molecule has 0 fully saturated rings. The average molecular weight is 398 g/mol. The van der Waals surface area contributed by atoms with Crippen molar-refractivity contribution in [1.82, 2.24) is 0 Å². The predicted molar refractivity (Wildman–Crippen MR) is 96.9 cm³/mol. The van der Waals surface area contributed by atoms with E-state index in [0.717, 1.165) is 11.8 Å². The molecule has 6 heteroatoms. The van der Waals surface area contributed by atoms with Crippen molar-refractivity contribution in [3.63, 3.8) is 0 Å². The van der Waals surface area contributed by atoms with E-state index in [2.05, 4.69) is 0 Å². The molecule has 2 aromatic carbocycles. The smallest absolute Gasteiger partial charge is 0.850 e. The summed E-state index contributed by atoms with van der Waals surface area (Å²) in [5, 5.41) is 19.3. The van der Waals surface area contributed by atoms with Crippen molar-refractivity contribution in [2.45, 2.75) is 39.2 Å². The van der Waals surface area contributed by atoms with Crippen LogP contribution < -0.4 is 61.2 Å². The maximum absolute atomic E-state index is 10.8. The van der Waals surface area contributed by atoms with Gasteiger partial charge in [0.2, 0.25) is 0 Å². The number of nitrogens with zero attached hydrogens (tertiary/aromatic N) is 1. The van der Waals surface area contributed by atoms with E-state index in [1.807, 2.05) is 6.07 Å². The normalized spacial score (nSPS) is 11.1. The molecule has 0 heterocycles. The van der Waals surface area contributed by atoms with E-state index in [-0.39, 0.29) is 57.3 Å². The second kappa shape index (κ2) is 11.9. The number of nitriles is 1. The van der Waals surface area contributed by atoms with Crippen LogP contribution in [0.4, 0.5) is 0 Å². The first-order valence-corrected chi connectivity index (χ1v) is 8.15. The Labute approximate surface area is 202 Å². The fourth-order valence-corrected chi connectivity index (χ4v) is 2.09. The van der Waals surface area contributed by atoms with Crippen LogP contribution in [0.5, 0.6) is 11.5 Å². The Morgan fingerprint density at radius 3 is 2.08 bits per heavy atom. The minimum Gasteiger partial charge on any atom is -0.850 e. The summed E-state index contributed by atoms with van der Waals surface area (Å²) in [6.45, 7) is 6.68. The van der Waals surface area contributed by atoms with Crippen molar-refractivity contribution in [3.8, 4) is 17.6 Å². The van der Waals surface area contributed by atoms with Crippen molar-refractivity contribution in [1.29, 1.82) is 5.26 Å². The Morgan fingerprint density at radius 1 is 1.15 bits per heavy atom. The summed E-state index contributed by atoms with van der Waals surface area (Å²) < 4.78 is 5.64. The molecule has 0 spiro atoms. The SMILES string of the molecule is CC(C)(C)[O-].CC(C=O)c1ccc(Oc2ccc(C#N)cc2)cc1Cl.[K+]. The van der Waals surface area contributed by atoms with Crippen molar-refractivity contribution >= 4 is 17.9 Å². The fourth-order valence-electron chi connectivity index (χ4n) is 1.75. The summed E-state index contributed by atoms with van der Waals surface area (Å²) in [5.41, 5.74) is 0.597. The zero-order valence-electron chi connectivity index (χ0n) is 15.7. The summed E-state index contributed by atoms with van der Waals surface area (Å²) in [5.74, 6) is 0.962. The number of carbonyl (C=O) groups excluding carboxylic acids is 1. The van der Waals surface area contributed by atoms with Gasteiger partial charge in [-0.25, -0.2) is 0 Å². The molecule has 132 valence electrons. The second-order valence-corrected chi connectivity index (χ2v) is 6.87. The van der Waals surface area contributed by atoms with Crippen LogP contribution in [0, 0.1) is 11.3 Å². The van der Waals surface area contributed by atoms with E-state index in [4.69, 9.17) is 21.6 Å². The zero-order valence-corrected chi connectivity index (χ0v) is 19.6. The number of aldehydes is 1. The molecule has 0 aromatic heterocycles. The Hall–Kier alpha value is -0.714. The number of benzene rings is 2. The largest absolute Gasteiger partial charge is 1.00 e. The van der Waals surface area contributed by atoms with Crippen molar-refractivity contribution in [2.75, 3.05) is 0 Å². The Morgan fingerprint density at radius 2 is 1.65 bits per heavy atom. The summed E-state index contributed by atoms with van der Waals surface area (Å²) in [4.78, 5) is 10.8. The Bertz CT molecular complexity index is 743. The summed E-state index contributed by atoms with van der Waals surface area (Å²) in [6, 6.07) is 14.1. The van der Waals surface area contributed by atoms with E-state index in [9.17, 15) is 9.90 Å². The molecule has 0 saturated carbocycles. The first-order valence-electron chi connectivity index (χ1n) is 7.77. The first kappa shape index (κ1) is 25.3. The zero-order chi connectivity index (χ0) is 19.0. The third-order valence-corrected chi connectivity index (χ3v) is 3.21. The van der Waals surface area contributed by atoms with Gasteiger partial charge in [0, 0.05) is 10.9 Å². The molecule has 1 atom stereocenters. The molecule has 2 rings (SSSR count). The van der Waals surface area contributed by atoms with Gasteiger partial charge >= 0.3 is 51.4 Å².